The fraction of sp³-hybridized carbons (Fsp3) is 0.200. The Hall–Kier alpha value is -3.52. The van der Waals surface area contributed by atoms with Crippen LogP contribution in [0.1, 0.15) is 11.1 Å². The van der Waals surface area contributed by atoms with E-state index in [4.69, 9.17) is 9.47 Å². The van der Waals surface area contributed by atoms with Gasteiger partial charge in [-0.05, 0) is 23.8 Å². The van der Waals surface area contributed by atoms with E-state index in [1.807, 2.05) is 24.3 Å². The van der Waals surface area contributed by atoms with Gasteiger partial charge < -0.3 is 14.4 Å². The van der Waals surface area contributed by atoms with E-state index >= 15 is 0 Å². The number of rotatable bonds is 5. The second-order valence-electron chi connectivity index (χ2n) is 7.77. The van der Waals surface area contributed by atoms with Crippen LogP contribution in [0.5, 0.6) is 11.5 Å². The Bertz CT molecular complexity index is 1230. The maximum absolute atomic E-state index is 14.1. The van der Waals surface area contributed by atoms with Gasteiger partial charge in [0.2, 0.25) is 10.8 Å². The molecule has 0 saturated carbocycles. The Balaban J connectivity index is 1.64. The molecule has 0 N–H and O–H groups in total. The van der Waals surface area contributed by atoms with Crippen LogP contribution < -0.4 is 19.3 Å². The zero-order chi connectivity index (χ0) is 23.2. The van der Waals surface area contributed by atoms with Crippen LogP contribution in [0.25, 0.3) is 0 Å². The van der Waals surface area contributed by atoms with Crippen molar-refractivity contribution < 1.29 is 23.5 Å². The average molecular weight is 465 g/mol. The molecule has 0 bridgehead atoms. The molecule has 0 radical (unpaired) electrons. The first kappa shape index (κ1) is 21.3. The van der Waals surface area contributed by atoms with Crippen LogP contribution in [0.4, 0.5) is 15.8 Å². The zero-order valence-electron chi connectivity index (χ0n) is 18.1. The lowest BCUT2D eigenvalue weighted by molar-refractivity contribution is -0.123. The highest BCUT2D eigenvalue weighted by Gasteiger charge is 2.61. The summed E-state index contributed by atoms with van der Waals surface area (Å²) in [6.07, 6.45) is 0. The van der Waals surface area contributed by atoms with Gasteiger partial charge in [0, 0.05) is 23.8 Å². The highest BCUT2D eigenvalue weighted by Crippen LogP contribution is 2.56. The summed E-state index contributed by atoms with van der Waals surface area (Å²) >= 11 is 1.30. The molecule has 1 fully saturated rings. The smallest absolute Gasteiger partial charge is 0.269 e. The predicted octanol–water partition coefficient (Wildman–Crippen LogP) is 4.32. The quantitative estimate of drug-likeness (QED) is 0.563. The van der Waals surface area contributed by atoms with Crippen molar-refractivity contribution in [3.8, 4) is 11.5 Å². The molecule has 2 aliphatic heterocycles. The number of fused-ring (bicyclic) bond motifs is 2. The second kappa shape index (κ2) is 8.12. The molecule has 33 heavy (non-hydrogen) atoms. The van der Waals surface area contributed by atoms with Crippen LogP contribution >= 0.6 is 11.8 Å². The second-order valence-corrected chi connectivity index (χ2v) is 8.94. The summed E-state index contributed by atoms with van der Waals surface area (Å²) in [5.41, 5.74) is 2.79. The number of anilines is 2. The Kier molecular flexibility index (Phi) is 5.25. The summed E-state index contributed by atoms with van der Waals surface area (Å²) in [6, 6.07) is 18.7. The van der Waals surface area contributed by atoms with E-state index in [0.29, 0.717) is 17.2 Å². The number of para-hydroxylation sites is 1. The molecule has 168 valence electrons. The van der Waals surface area contributed by atoms with E-state index in [2.05, 4.69) is 0 Å². The minimum Gasteiger partial charge on any atom is -0.497 e. The van der Waals surface area contributed by atoms with Gasteiger partial charge in [0.05, 0.1) is 37.9 Å². The molecule has 2 heterocycles. The molecule has 5 rings (SSSR count). The zero-order valence-corrected chi connectivity index (χ0v) is 18.9. The molecule has 3 aromatic carbocycles. The molecule has 0 unspecified atom stereocenters. The number of ether oxygens (including phenoxy) is 2. The number of amides is 2. The SMILES string of the molecule is COc1cc(OC)cc(N2C(=O)CS[C@@]23C(=O)N(Cc2ccc(F)cc2)c2ccccc23)c1. The van der Waals surface area contributed by atoms with Crippen molar-refractivity contribution in [2.45, 2.75) is 11.4 Å². The number of thioether (sulfide) groups is 1. The molecule has 2 aliphatic rings. The van der Waals surface area contributed by atoms with Crippen LogP contribution in [0.3, 0.4) is 0 Å². The van der Waals surface area contributed by atoms with Gasteiger partial charge in [0.25, 0.3) is 5.91 Å². The Labute approximate surface area is 194 Å². The van der Waals surface area contributed by atoms with Gasteiger partial charge in [-0.3, -0.25) is 14.5 Å². The largest absolute Gasteiger partial charge is 0.497 e. The summed E-state index contributed by atoms with van der Waals surface area (Å²) < 4.78 is 24.2. The van der Waals surface area contributed by atoms with Gasteiger partial charge in [-0.2, -0.15) is 0 Å². The van der Waals surface area contributed by atoms with Crippen LogP contribution in [0, 0.1) is 5.82 Å². The van der Waals surface area contributed by atoms with Crippen LogP contribution in [-0.2, 0) is 21.0 Å². The number of halogens is 1. The number of hydrogen-bond donors (Lipinski definition) is 0. The summed E-state index contributed by atoms with van der Waals surface area (Å²) in [5, 5.41) is 0. The van der Waals surface area contributed by atoms with E-state index in [-0.39, 0.29) is 29.9 Å². The van der Waals surface area contributed by atoms with E-state index in [9.17, 15) is 14.0 Å². The van der Waals surface area contributed by atoms with Crippen molar-refractivity contribution >= 4 is 35.0 Å². The Morgan fingerprint density at radius 2 is 1.64 bits per heavy atom. The lowest BCUT2D eigenvalue weighted by Gasteiger charge is -2.33. The van der Waals surface area contributed by atoms with Gasteiger partial charge in [-0.25, -0.2) is 4.39 Å². The maximum atomic E-state index is 14.1. The molecule has 8 heteroatoms. The molecule has 2 amide bonds. The summed E-state index contributed by atoms with van der Waals surface area (Å²) in [6.45, 7) is 0.266. The van der Waals surface area contributed by atoms with Gasteiger partial charge >= 0.3 is 0 Å². The Morgan fingerprint density at radius 3 is 2.30 bits per heavy atom. The van der Waals surface area contributed by atoms with Crippen LogP contribution in [0.2, 0.25) is 0 Å². The van der Waals surface area contributed by atoms with Crippen molar-refractivity contribution in [3.63, 3.8) is 0 Å². The molecule has 1 saturated heterocycles. The Morgan fingerprint density at radius 1 is 0.970 bits per heavy atom. The minimum atomic E-state index is -1.24. The van der Waals surface area contributed by atoms with Crippen molar-refractivity contribution in [2.24, 2.45) is 0 Å². The van der Waals surface area contributed by atoms with Crippen molar-refractivity contribution in [3.05, 3.63) is 83.7 Å². The van der Waals surface area contributed by atoms with Crippen molar-refractivity contribution in [1.82, 2.24) is 0 Å². The fourth-order valence-electron chi connectivity index (χ4n) is 4.41. The van der Waals surface area contributed by atoms with Gasteiger partial charge in [-0.15, -0.1) is 11.8 Å². The predicted molar refractivity (Wildman–Crippen MR) is 125 cm³/mol. The normalized spacial score (nSPS) is 19.4. The fourth-order valence-corrected chi connectivity index (χ4v) is 5.77. The lowest BCUT2D eigenvalue weighted by Crippen LogP contribution is -2.49. The summed E-state index contributed by atoms with van der Waals surface area (Å²) in [4.78, 5) is 29.2. The van der Waals surface area contributed by atoms with Gasteiger partial charge in [-0.1, -0.05) is 30.3 Å². The molecular weight excluding hydrogens is 443 g/mol. The number of carbonyl (C=O) groups excluding carboxylic acids is 2. The van der Waals surface area contributed by atoms with Crippen molar-refractivity contribution in [2.75, 3.05) is 29.8 Å². The number of nitrogens with zero attached hydrogens (tertiary/aromatic N) is 2. The first-order valence-corrected chi connectivity index (χ1v) is 11.3. The van der Waals surface area contributed by atoms with Crippen molar-refractivity contribution in [1.29, 1.82) is 0 Å². The average Bonchev–Trinajstić information content (AvgIpc) is 3.31. The van der Waals surface area contributed by atoms with Crippen LogP contribution in [0.15, 0.2) is 66.7 Å². The third kappa shape index (κ3) is 3.33. The number of methoxy groups -OCH3 is 2. The van der Waals surface area contributed by atoms with E-state index in [1.54, 1.807) is 40.1 Å². The summed E-state index contributed by atoms with van der Waals surface area (Å²) in [7, 11) is 3.07. The third-order valence-electron chi connectivity index (χ3n) is 5.91. The van der Waals surface area contributed by atoms with Gasteiger partial charge in [0.15, 0.2) is 0 Å². The minimum absolute atomic E-state index is 0.157. The molecule has 1 spiro atoms. The van der Waals surface area contributed by atoms with Crippen LogP contribution in [-0.4, -0.2) is 31.8 Å². The topological polar surface area (TPSA) is 59.1 Å². The first-order valence-electron chi connectivity index (χ1n) is 10.3. The maximum Gasteiger partial charge on any atom is 0.269 e. The number of benzene rings is 3. The van der Waals surface area contributed by atoms with E-state index in [1.165, 1.54) is 38.1 Å². The molecule has 0 aromatic heterocycles. The van der Waals surface area contributed by atoms with Gasteiger partial charge in [0.1, 0.15) is 17.3 Å². The molecule has 1 atom stereocenters. The highest BCUT2D eigenvalue weighted by molar-refractivity contribution is 8.02. The number of hydrogen-bond acceptors (Lipinski definition) is 5. The standard InChI is InChI=1S/C25H21FN2O4S/c1-31-19-11-18(12-20(13-19)32-2)28-23(29)15-33-25(28)21-5-3-4-6-22(21)27(24(25)30)14-16-7-9-17(26)10-8-16/h3-13H,14-15H2,1-2H3/t25-/m0/s1. The molecule has 6 nitrogen and oxygen atoms in total. The van der Waals surface area contributed by atoms with E-state index in [0.717, 1.165) is 16.8 Å². The third-order valence-corrected chi connectivity index (χ3v) is 7.30. The molecule has 3 aromatic rings. The lowest BCUT2D eigenvalue weighted by atomic mass is 10.0. The molecule has 0 aliphatic carbocycles. The molecular formula is C25H21FN2O4S. The van der Waals surface area contributed by atoms with E-state index < -0.39 is 4.87 Å². The monoisotopic (exact) mass is 464 g/mol. The highest BCUT2D eigenvalue weighted by atomic mass is 32.2. The number of carbonyl (C=O) groups is 2. The summed E-state index contributed by atoms with van der Waals surface area (Å²) in [5.74, 6) is 0.465. The first-order chi connectivity index (χ1) is 16.0.